The lowest BCUT2D eigenvalue weighted by atomic mass is 10.2. The van der Waals surface area contributed by atoms with Gasteiger partial charge >= 0.3 is 6.09 Å². The summed E-state index contributed by atoms with van der Waals surface area (Å²) in [5, 5.41) is 7.89. The van der Waals surface area contributed by atoms with Crippen molar-refractivity contribution in [1.29, 1.82) is 0 Å². The largest absolute Gasteiger partial charge is 0.444 e. The lowest BCUT2D eigenvalue weighted by molar-refractivity contribution is 0.0636. The molecule has 1 aromatic heterocycles. The number of ether oxygens (including phenoxy) is 1. The van der Waals surface area contributed by atoms with Crippen LogP contribution in [0.2, 0.25) is 0 Å². The number of nitrogens with two attached hydrogens (primary N) is 1. The number of benzene rings is 1. The first-order valence-corrected chi connectivity index (χ1v) is 6.55. The quantitative estimate of drug-likeness (QED) is 0.901. The molecule has 0 saturated carbocycles. The van der Waals surface area contributed by atoms with E-state index >= 15 is 0 Å². The molecule has 1 amide bonds. The van der Waals surface area contributed by atoms with Crippen LogP contribution in [0.25, 0.3) is 10.9 Å². The number of hydrogen-bond donors (Lipinski definition) is 2. The first-order valence-electron chi connectivity index (χ1n) is 6.55. The van der Waals surface area contributed by atoms with Gasteiger partial charge in [0.05, 0.1) is 23.9 Å². The summed E-state index contributed by atoms with van der Waals surface area (Å²) >= 11 is 0. The fourth-order valence-corrected chi connectivity index (χ4v) is 1.93. The molecule has 2 aromatic rings. The highest BCUT2D eigenvalue weighted by Gasteiger charge is 2.17. The Hall–Kier alpha value is -2.08. The normalized spacial score (nSPS) is 11.6. The van der Waals surface area contributed by atoms with Gasteiger partial charge in [-0.2, -0.15) is 5.10 Å². The number of rotatable bonds is 3. The number of anilines is 1. The van der Waals surface area contributed by atoms with E-state index in [0.717, 1.165) is 10.9 Å². The number of nitrogens with one attached hydrogen (secondary N) is 1. The van der Waals surface area contributed by atoms with Crippen LogP contribution in [0.1, 0.15) is 20.8 Å². The summed E-state index contributed by atoms with van der Waals surface area (Å²) in [6, 6.07) is 5.63. The summed E-state index contributed by atoms with van der Waals surface area (Å²) in [7, 11) is 0. The van der Waals surface area contributed by atoms with Crippen LogP contribution >= 0.6 is 0 Å². The van der Waals surface area contributed by atoms with Crippen molar-refractivity contribution < 1.29 is 9.53 Å². The maximum atomic E-state index is 11.8. The average molecular weight is 276 g/mol. The molecule has 0 saturated heterocycles. The van der Waals surface area contributed by atoms with Gasteiger partial charge in [0.2, 0.25) is 0 Å². The summed E-state index contributed by atoms with van der Waals surface area (Å²) < 4.78 is 7.06. The van der Waals surface area contributed by atoms with Crippen LogP contribution in [0.4, 0.5) is 10.5 Å². The zero-order chi connectivity index (χ0) is 14.8. The monoisotopic (exact) mass is 276 g/mol. The van der Waals surface area contributed by atoms with Gasteiger partial charge in [0.1, 0.15) is 5.60 Å². The highest BCUT2D eigenvalue weighted by molar-refractivity contribution is 5.98. The van der Waals surface area contributed by atoms with Crippen LogP contribution in [0.15, 0.2) is 24.4 Å². The minimum Gasteiger partial charge on any atom is -0.444 e. The number of carbonyl (C=O) groups excluding carboxylic acids is 1. The van der Waals surface area contributed by atoms with Crippen molar-refractivity contribution in [2.45, 2.75) is 32.9 Å². The molecule has 108 valence electrons. The van der Waals surface area contributed by atoms with Gasteiger partial charge < -0.3 is 10.5 Å². The first kappa shape index (κ1) is 14.3. The van der Waals surface area contributed by atoms with Crippen molar-refractivity contribution in [3.8, 4) is 0 Å². The topological polar surface area (TPSA) is 82.2 Å². The van der Waals surface area contributed by atoms with Gasteiger partial charge in [-0.05, 0) is 32.9 Å². The molecule has 0 bridgehead atoms. The molecule has 6 heteroatoms. The number of amides is 1. The summed E-state index contributed by atoms with van der Waals surface area (Å²) in [6.45, 7) is 6.63. The molecule has 1 heterocycles. The smallest absolute Gasteiger partial charge is 0.412 e. The highest BCUT2D eigenvalue weighted by Crippen LogP contribution is 2.23. The second kappa shape index (κ2) is 5.50. The maximum absolute atomic E-state index is 11.8. The van der Waals surface area contributed by atoms with Gasteiger partial charge in [-0.25, -0.2) is 4.79 Å². The molecule has 2 rings (SSSR count). The Morgan fingerprint density at radius 3 is 2.85 bits per heavy atom. The minimum absolute atomic E-state index is 0.475. The molecule has 3 N–H and O–H groups in total. The molecular weight excluding hydrogens is 256 g/mol. The Kier molecular flexibility index (Phi) is 3.94. The molecule has 0 unspecified atom stereocenters. The summed E-state index contributed by atoms with van der Waals surface area (Å²) in [5.41, 5.74) is 6.64. The average Bonchev–Trinajstić information content (AvgIpc) is 2.72. The minimum atomic E-state index is -0.526. The van der Waals surface area contributed by atoms with Crippen LogP contribution in [0.5, 0.6) is 0 Å². The molecule has 0 fully saturated rings. The van der Waals surface area contributed by atoms with Crippen LogP contribution in [0.3, 0.4) is 0 Å². The Morgan fingerprint density at radius 2 is 2.20 bits per heavy atom. The molecule has 0 aliphatic heterocycles. The van der Waals surface area contributed by atoms with E-state index in [1.54, 1.807) is 6.20 Å². The molecule has 0 aliphatic carbocycles. The third kappa shape index (κ3) is 3.27. The molecule has 0 aliphatic rings. The van der Waals surface area contributed by atoms with Gasteiger partial charge in [-0.15, -0.1) is 0 Å². The van der Waals surface area contributed by atoms with Crippen molar-refractivity contribution in [2.24, 2.45) is 5.73 Å². The van der Waals surface area contributed by atoms with Crippen molar-refractivity contribution in [1.82, 2.24) is 9.78 Å². The lowest BCUT2D eigenvalue weighted by Gasteiger charge is -2.19. The van der Waals surface area contributed by atoms with Gasteiger partial charge in [0.15, 0.2) is 0 Å². The molecular formula is C14H20N4O2. The number of nitrogens with zero attached hydrogens (tertiary/aromatic N) is 2. The van der Waals surface area contributed by atoms with E-state index in [1.807, 2.05) is 43.7 Å². The van der Waals surface area contributed by atoms with Crippen molar-refractivity contribution in [2.75, 3.05) is 11.9 Å². The zero-order valence-electron chi connectivity index (χ0n) is 12.0. The predicted molar refractivity (Wildman–Crippen MR) is 78.6 cm³/mol. The Labute approximate surface area is 117 Å². The predicted octanol–water partition coefficient (Wildman–Crippen LogP) is 2.34. The molecule has 0 radical (unpaired) electrons. The SMILES string of the molecule is CC(C)(C)OC(=O)Nc1cccc2c1cnn2CCN. The van der Waals surface area contributed by atoms with E-state index in [4.69, 9.17) is 10.5 Å². The van der Waals surface area contributed by atoms with Crippen molar-refractivity contribution in [3.63, 3.8) is 0 Å². The first-order chi connectivity index (χ1) is 9.40. The van der Waals surface area contributed by atoms with E-state index < -0.39 is 11.7 Å². The Balaban J connectivity index is 2.25. The van der Waals surface area contributed by atoms with Gasteiger partial charge in [0, 0.05) is 11.9 Å². The fraction of sp³-hybridized carbons (Fsp3) is 0.429. The molecule has 0 atom stereocenters. The third-order valence-corrected chi connectivity index (χ3v) is 2.66. The van der Waals surface area contributed by atoms with Gasteiger partial charge in [-0.3, -0.25) is 10.00 Å². The van der Waals surface area contributed by atoms with E-state index in [-0.39, 0.29) is 0 Å². The van der Waals surface area contributed by atoms with E-state index in [2.05, 4.69) is 10.4 Å². The van der Waals surface area contributed by atoms with Gasteiger partial charge in [0.25, 0.3) is 0 Å². The van der Waals surface area contributed by atoms with Crippen LogP contribution in [-0.4, -0.2) is 28.0 Å². The Morgan fingerprint density at radius 1 is 1.45 bits per heavy atom. The highest BCUT2D eigenvalue weighted by atomic mass is 16.6. The summed E-state index contributed by atoms with van der Waals surface area (Å²) in [6.07, 6.45) is 1.24. The second-order valence-electron chi connectivity index (χ2n) is 5.52. The van der Waals surface area contributed by atoms with Crippen molar-refractivity contribution >= 4 is 22.7 Å². The third-order valence-electron chi connectivity index (χ3n) is 2.66. The van der Waals surface area contributed by atoms with Crippen LogP contribution < -0.4 is 11.1 Å². The van der Waals surface area contributed by atoms with E-state index in [9.17, 15) is 4.79 Å². The standard InChI is InChI=1S/C14H20N4O2/c1-14(2,3)20-13(19)17-11-5-4-6-12-10(11)9-16-18(12)8-7-15/h4-6,9H,7-8,15H2,1-3H3,(H,17,19). The molecule has 1 aromatic carbocycles. The number of hydrogen-bond acceptors (Lipinski definition) is 4. The summed E-state index contributed by atoms with van der Waals surface area (Å²) in [5.74, 6) is 0. The number of carbonyl (C=O) groups is 1. The van der Waals surface area contributed by atoms with Crippen LogP contribution in [0, 0.1) is 0 Å². The molecule has 0 spiro atoms. The number of aromatic nitrogens is 2. The Bertz CT molecular complexity index is 613. The molecule has 6 nitrogen and oxygen atoms in total. The number of fused-ring (bicyclic) bond motifs is 1. The maximum Gasteiger partial charge on any atom is 0.412 e. The van der Waals surface area contributed by atoms with Crippen LogP contribution in [-0.2, 0) is 11.3 Å². The summed E-state index contributed by atoms with van der Waals surface area (Å²) in [4.78, 5) is 11.8. The zero-order valence-corrected chi connectivity index (χ0v) is 12.0. The molecule has 20 heavy (non-hydrogen) atoms. The fourth-order valence-electron chi connectivity index (χ4n) is 1.93. The lowest BCUT2D eigenvalue weighted by Crippen LogP contribution is -2.27. The van der Waals surface area contributed by atoms with E-state index in [0.29, 0.717) is 18.8 Å². The van der Waals surface area contributed by atoms with Crippen molar-refractivity contribution in [3.05, 3.63) is 24.4 Å². The van der Waals surface area contributed by atoms with Gasteiger partial charge in [-0.1, -0.05) is 6.07 Å². The van der Waals surface area contributed by atoms with E-state index in [1.165, 1.54) is 0 Å². The second-order valence-corrected chi connectivity index (χ2v) is 5.52.